The van der Waals surface area contributed by atoms with Gasteiger partial charge in [-0.1, -0.05) is 13.8 Å². The minimum absolute atomic E-state index is 0.382. The fourth-order valence-electron chi connectivity index (χ4n) is 0.470. The largest absolute Gasteiger partial charge is 0.135 e. The Labute approximate surface area is 53.3 Å². The maximum Gasteiger partial charge on any atom is 0.0876 e. The monoisotopic (exact) mass is 124 g/mol. The second kappa shape index (κ2) is 2.48. The maximum atomic E-state index is 3.75. The van der Waals surface area contributed by atoms with Crippen LogP contribution in [0, 0.1) is 0 Å². The molecule has 0 spiro atoms. The molecule has 0 bridgehead atoms. The minimum Gasteiger partial charge on any atom is -0.135 e. The molecule has 0 amide bonds. The quantitative estimate of drug-likeness (QED) is 0.543. The van der Waals surface area contributed by atoms with Crippen molar-refractivity contribution < 1.29 is 0 Å². The minimum atomic E-state index is 0.382. The van der Waals surface area contributed by atoms with Crippen molar-refractivity contribution >= 4 is 0 Å². The molecule has 0 aliphatic heterocycles. The van der Waals surface area contributed by atoms with E-state index in [9.17, 15) is 0 Å². The van der Waals surface area contributed by atoms with E-state index in [1.165, 1.54) is 0 Å². The standard InChI is InChI=1S/C5H8N4/c1-4(2)5-3-6-8-9-7-5/h3-4H,1-2H3. The Hall–Kier alpha value is -1.06. The van der Waals surface area contributed by atoms with Gasteiger partial charge in [-0.2, -0.15) is 0 Å². The van der Waals surface area contributed by atoms with Crippen molar-refractivity contribution in [1.82, 2.24) is 20.6 Å². The lowest BCUT2D eigenvalue weighted by molar-refractivity contribution is 0.686. The third-order valence-electron chi connectivity index (χ3n) is 1.03. The van der Waals surface area contributed by atoms with Crippen molar-refractivity contribution in [2.45, 2.75) is 19.8 Å². The Balaban J connectivity index is 2.85. The van der Waals surface area contributed by atoms with Gasteiger partial charge in [0, 0.05) is 0 Å². The molecular weight excluding hydrogens is 116 g/mol. The zero-order chi connectivity index (χ0) is 6.69. The van der Waals surface area contributed by atoms with Crippen molar-refractivity contribution in [3.8, 4) is 0 Å². The predicted octanol–water partition coefficient (Wildman–Crippen LogP) is 0.390. The van der Waals surface area contributed by atoms with Gasteiger partial charge in [0.1, 0.15) is 0 Å². The highest BCUT2D eigenvalue weighted by Crippen LogP contribution is 2.05. The summed E-state index contributed by atoms with van der Waals surface area (Å²) in [6, 6.07) is 0. The van der Waals surface area contributed by atoms with Gasteiger partial charge in [0.05, 0.1) is 11.9 Å². The normalized spacial score (nSPS) is 10.1. The van der Waals surface area contributed by atoms with Gasteiger partial charge in [-0.15, -0.1) is 10.2 Å². The van der Waals surface area contributed by atoms with Crippen LogP contribution in [0.2, 0.25) is 0 Å². The first-order chi connectivity index (χ1) is 4.30. The molecule has 1 heterocycles. The summed E-state index contributed by atoms with van der Waals surface area (Å²) in [6.07, 6.45) is 1.62. The molecule has 0 aliphatic carbocycles. The highest BCUT2D eigenvalue weighted by atomic mass is 15.4. The number of hydrogen-bond acceptors (Lipinski definition) is 4. The highest BCUT2D eigenvalue weighted by Gasteiger charge is 1.98. The fourth-order valence-corrected chi connectivity index (χ4v) is 0.470. The van der Waals surface area contributed by atoms with Crippen LogP contribution in [0.1, 0.15) is 25.5 Å². The van der Waals surface area contributed by atoms with Gasteiger partial charge in [-0.25, -0.2) is 0 Å². The second-order valence-corrected chi connectivity index (χ2v) is 2.10. The van der Waals surface area contributed by atoms with Gasteiger partial charge < -0.3 is 0 Å². The predicted molar refractivity (Wildman–Crippen MR) is 31.7 cm³/mol. The topological polar surface area (TPSA) is 51.6 Å². The van der Waals surface area contributed by atoms with E-state index in [0.29, 0.717) is 5.92 Å². The van der Waals surface area contributed by atoms with E-state index in [-0.39, 0.29) is 0 Å². The van der Waals surface area contributed by atoms with Crippen LogP contribution in [-0.2, 0) is 0 Å². The van der Waals surface area contributed by atoms with Gasteiger partial charge in [-0.05, 0) is 16.3 Å². The van der Waals surface area contributed by atoms with Crippen LogP contribution in [0.3, 0.4) is 0 Å². The first-order valence-corrected chi connectivity index (χ1v) is 2.81. The Kier molecular flexibility index (Phi) is 1.67. The zero-order valence-electron chi connectivity index (χ0n) is 5.44. The summed E-state index contributed by atoms with van der Waals surface area (Å²) in [5.41, 5.74) is 0.880. The summed E-state index contributed by atoms with van der Waals surface area (Å²) >= 11 is 0. The first-order valence-electron chi connectivity index (χ1n) is 2.81. The average molecular weight is 124 g/mol. The smallest absolute Gasteiger partial charge is 0.0876 e. The number of hydrogen-bond donors (Lipinski definition) is 0. The SMILES string of the molecule is CC(C)c1cnnnn1. The fraction of sp³-hybridized carbons (Fsp3) is 0.600. The lowest BCUT2D eigenvalue weighted by Crippen LogP contribution is -1.98. The Morgan fingerprint density at radius 2 is 2.11 bits per heavy atom. The number of rotatable bonds is 1. The van der Waals surface area contributed by atoms with Crippen molar-refractivity contribution in [2.75, 3.05) is 0 Å². The Bertz CT molecular complexity index is 172. The van der Waals surface area contributed by atoms with Gasteiger partial charge in [0.25, 0.3) is 0 Å². The summed E-state index contributed by atoms with van der Waals surface area (Å²) in [6.45, 7) is 4.07. The number of aromatic nitrogens is 4. The average Bonchev–Trinajstić information content (AvgIpc) is 1.90. The number of nitrogens with zero attached hydrogens (tertiary/aromatic N) is 4. The van der Waals surface area contributed by atoms with Crippen LogP contribution in [0.4, 0.5) is 0 Å². The molecular formula is C5H8N4. The third kappa shape index (κ3) is 1.42. The van der Waals surface area contributed by atoms with Crippen molar-refractivity contribution in [1.29, 1.82) is 0 Å². The maximum absolute atomic E-state index is 3.75. The van der Waals surface area contributed by atoms with Crippen LogP contribution < -0.4 is 0 Å². The summed E-state index contributed by atoms with van der Waals surface area (Å²) < 4.78 is 0. The molecule has 0 fully saturated rings. The molecule has 0 N–H and O–H groups in total. The van der Waals surface area contributed by atoms with Crippen LogP contribution in [0.25, 0.3) is 0 Å². The molecule has 0 aliphatic rings. The highest BCUT2D eigenvalue weighted by molar-refractivity contribution is 4.95. The van der Waals surface area contributed by atoms with Gasteiger partial charge in [0.15, 0.2) is 0 Å². The van der Waals surface area contributed by atoms with Crippen molar-refractivity contribution in [3.63, 3.8) is 0 Å². The molecule has 48 valence electrons. The van der Waals surface area contributed by atoms with Crippen LogP contribution >= 0.6 is 0 Å². The molecule has 0 atom stereocenters. The molecule has 1 aromatic rings. The summed E-state index contributed by atoms with van der Waals surface area (Å²) in [4.78, 5) is 0. The van der Waals surface area contributed by atoms with E-state index in [1.807, 2.05) is 13.8 Å². The molecule has 1 rings (SSSR count). The first kappa shape index (κ1) is 6.07. The van der Waals surface area contributed by atoms with E-state index < -0.39 is 0 Å². The molecule has 4 heteroatoms. The van der Waals surface area contributed by atoms with Crippen LogP contribution in [0.15, 0.2) is 6.20 Å². The molecule has 0 unspecified atom stereocenters. The second-order valence-electron chi connectivity index (χ2n) is 2.10. The molecule has 4 nitrogen and oxygen atoms in total. The van der Waals surface area contributed by atoms with Gasteiger partial charge >= 0.3 is 0 Å². The molecule has 0 aromatic carbocycles. The van der Waals surface area contributed by atoms with E-state index >= 15 is 0 Å². The van der Waals surface area contributed by atoms with E-state index in [4.69, 9.17) is 0 Å². The summed E-state index contributed by atoms with van der Waals surface area (Å²) in [5, 5.41) is 14.0. The lowest BCUT2D eigenvalue weighted by Gasteiger charge is -1.97. The summed E-state index contributed by atoms with van der Waals surface area (Å²) in [5.74, 6) is 0.382. The van der Waals surface area contributed by atoms with Crippen LogP contribution in [-0.4, -0.2) is 20.6 Å². The van der Waals surface area contributed by atoms with Crippen LogP contribution in [0.5, 0.6) is 0 Å². The molecule has 1 aromatic heterocycles. The van der Waals surface area contributed by atoms with Crippen molar-refractivity contribution in [2.24, 2.45) is 0 Å². The third-order valence-corrected chi connectivity index (χ3v) is 1.03. The molecule has 0 saturated carbocycles. The Morgan fingerprint density at radius 1 is 1.33 bits per heavy atom. The molecule has 0 radical (unpaired) electrons. The van der Waals surface area contributed by atoms with E-state index in [2.05, 4.69) is 20.6 Å². The Morgan fingerprint density at radius 3 is 2.44 bits per heavy atom. The zero-order valence-corrected chi connectivity index (χ0v) is 5.44. The van der Waals surface area contributed by atoms with Gasteiger partial charge in [-0.3, -0.25) is 0 Å². The van der Waals surface area contributed by atoms with E-state index in [1.54, 1.807) is 6.20 Å². The van der Waals surface area contributed by atoms with Gasteiger partial charge in [0.2, 0.25) is 0 Å². The lowest BCUT2D eigenvalue weighted by atomic mass is 10.2. The van der Waals surface area contributed by atoms with E-state index in [0.717, 1.165) is 5.69 Å². The molecule has 0 saturated heterocycles. The summed E-state index contributed by atoms with van der Waals surface area (Å²) in [7, 11) is 0. The van der Waals surface area contributed by atoms with Crippen molar-refractivity contribution in [3.05, 3.63) is 11.9 Å². The molecule has 9 heavy (non-hydrogen) atoms.